The SMILES string of the molecule is CC(C)CCCCCCc1cccc(OCCOCCOCCO)c1. The van der Waals surface area contributed by atoms with Gasteiger partial charge in [-0.3, -0.25) is 0 Å². The largest absolute Gasteiger partial charge is 0.491 e. The highest BCUT2D eigenvalue weighted by atomic mass is 16.5. The maximum Gasteiger partial charge on any atom is 0.119 e. The van der Waals surface area contributed by atoms with Gasteiger partial charge in [-0.25, -0.2) is 0 Å². The standard InChI is InChI=1S/C21H36O4/c1-19(2)8-5-3-4-6-9-20-10-7-11-21(18-20)25-17-16-24-15-14-23-13-12-22/h7,10-11,18-19,22H,3-6,8-9,12-17H2,1-2H3. The second-order valence-corrected chi connectivity index (χ2v) is 6.79. The van der Waals surface area contributed by atoms with Gasteiger partial charge in [-0.15, -0.1) is 0 Å². The Morgan fingerprint density at radius 2 is 1.60 bits per heavy atom. The number of aryl methyl sites for hydroxylation is 1. The molecule has 0 amide bonds. The van der Waals surface area contributed by atoms with E-state index in [1.54, 1.807) is 0 Å². The minimum absolute atomic E-state index is 0.0530. The van der Waals surface area contributed by atoms with Gasteiger partial charge in [0.15, 0.2) is 0 Å². The lowest BCUT2D eigenvalue weighted by molar-refractivity contribution is 0.0247. The maximum atomic E-state index is 8.58. The van der Waals surface area contributed by atoms with Gasteiger partial charge in [-0.2, -0.15) is 0 Å². The first-order valence-corrected chi connectivity index (χ1v) is 9.70. The lowest BCUT2D eigenvalue weighted by Crippen LogP contribution is -2.12. The zero-order chi connectivity index (χ0) is 18.2. The number of unbranched alkanes of at least 4 members (excludes halogenated alkanes) is 3. The molecule has 0 aromatic heterocycles. The molecule has 1 aromatic rings. The highest BCUT2D eigenvalue weighted by Crippen LogP contribution is 2.16. The van der Waals surface area contributed by atoms with E-state index in [0.29, 0.717) is 33.0 Å². The molecule has 0 aliphatic heterocycles. The van der Waals surface area contributed by atoms with Crippen LogP contribution in [0.2, 0.25) is 0 Å². The summed E-state index contributed by atoms with van der Waals surface area (Å²) in [6.07, 6.45) is 7.72. The molecule has 0 saturated carbocycles. The fourth-order valence-corrected chi connectivity index (χ4v) is 2.63. The molecule has 0 atom stereocenters. The van der Waals surface area contributed by atoms with Crippen LogP contribution in [0.3, 0.4) is 0 Å². The van der Waals surface area contributed by atoms with E-state index < -0.39 is 0 Å². The van der Waals surface area contributed by atoms with Crippen molar-refractivity contribution in [3.63, 3.8) is 0 Å². The van der Waals surface area contributed by atoms with Crippen LogP contribution in [-0.4, -0.2) is 44.7 Å². The molecule has 0 fully saturated rings. The Balaban J connectivity index is 2.07. The number of aliphatic hydroxyl groups excluding tert-OH is 1. The third-order valence-electron chi connectivity index (χ3n) is 4.00. The fourth-order valence-electron chi connectivity index (χ4n) is 2.63. The fraction of sp³-hybridized carbons (Fsp3) is 0.714. The van der Waals surface area contributed by atoms with Crippen molar-refractivity contribution in [2.75, 3.05) is 39.6 Å². The number of benzene rings is 1. The highest BCUT2D eigenvalue weighted by Gasteiger charge is 1.99. The Morgan fingerprint density at radius 3 is 2.36 bits per heavy atom. The van der Waals surface area contributed by atoms with Crippen LogP contribution in [0.25, 0.3) is 0 Å². The van der Waals surface area contributed by atoms with Crippen LogP contribution in [0.1, 0.15) is 51.5 Å². The molecule has 0 unspecified atom stereocenters. The third kappa shape index (κ3) is 12.9. The second-order valence-electron chi connectivity index (χ2n) is 6.79. The number of hydrogen-bond donors (Lipinski definition) is 1. The molecule has 25 heavy (non-hydrogen) atoms. The molecular weight excluding hydrogens is 316 g/mol. The molecule has 1 rings (SSSR count). The van der Waals surface area contributed by atoms with E-state index in [1.165, 1.54) is 37.7 Å². The quantitative estimate of drug-likeness (QED) is 0.452. The van der Waals surface area contributed by atoms with Crippen LogP contribution < -0.4 is 4.74 Å². The van der Waals surface area contributed by atoms with Gasteiger partial charge < -0.3 is 19.3 Å². The van der Waals surface area contributed by atoms with Crippen molar-refractivity contribution in [1.29, 1.82) is 0 Å². The Hall–Kier alpha value is -1.10. The van der Waals surface area contributed by atoms with Gasteiger partial charge in [-0.1, -0.05) is 51.7 Å². The summed E-state index contributed by atoms with van der Waals surface area (Å²) in [5, 5.41) is 8.58. The van der Waals surface area contributed by atoms with Crippen molar-refractivity contribution < 1.29 is 19.3 Å². The summed E-state index contributed by atoms with van der Waals surface area (Å²) in [4.78, 5) is 0. The molecule has 1 N–H and O–H groups in total. The van der Waals surface area contributed by atoms with Crippen LogP contribution in [0.15, 0.2) is 24.3 Å². The van der Waals surface area contributed by atoms with Crippen molar-refractivity contribution in [1.82, 2.24) is 0 Å². The smallest absolute Gasteiger partial charge is 0.119 e. The van der Waals surface area contributed by atoms with E-state index in [1.807, 2.05) is 6.07 Å². The van der Waals surface area contributed by atoms with Crippen LogP contribution in [-0.2, 0) is 15.9 Å². The minimum atomic E-state index is 0.0530. The number of aliphatic hydroxyl groups is 1. The average Bonchev–Trinajstić information content (AvgIpc) is 2.60. The zero-order valence-electron chi connectivity index (χ0n) is 16.0. The summed E-state index contributed by atoms with van der Waals surface area (Å²) in [7, 11) is 0. The van der Waals surface area contributed by atoms with Crippen LogP contribution in [0.4, 0.5) is 0 Å². The summed E-state index contributed by atoms with van der Waals surface area (Å²) in [5.41, 5.74) is 1.35. The molecule has 1 aromatic carbocycles. The van der Waals surface area contributed by atoms with Gasteiger partial charge in [0.2, 0.25) is 0 Å². The highest BCUT2D eigenvalue weighted by molar-refractivity contribution is 5.28. The Bertz CT molecular complexity index is 420. The lowest BCUT2D eigenvalue weighted by atomic mass is 10.0. The molecular formula is C21H36O4. The van der Waals surface area contributed by atoms with Crippen molar-refractivity contribution in [3.8, 4) is 5.75 Å². The first kappa shape index (κ1) is 21.9. The third-order valence-corrected chi connectivity index (χ3v) is 4.00. The molecule has 0 radical (unpaired) electrons. The molecule has 0 spiro atoms. The Kier molecular flexibility index (Phi) is 13.3. The number of rotatable bonds is 16. The van der Waals surface area contributed by atoms with Crippen molar-refractivity contribution in [2.45, 2.75) is 52.4 Å². The summed E-state index contributed by atoms with van der Waals surface area (Å²) in [6.45, 7) is 7.12. The predicted octanol–water partition coefficient (Wildman–Crippen LogP) is 4.24. The van der Waals surface area contributed by atoms with Gasteiger partial charge in [0.1, 0.15) is 12.4 Å². The second kappa shape index (κ2) is 15.2. The minimum Gasteiger partial charge on any atom is -0.491 e. The number of hydrogen-bond acceptors (Lipinski definition) is 4. The first-order chi connectivity index (χ1) is 12.2. The lowest BCUT2D eigenvalue weighted by Gasteiger charge is -2.09. The van der Waals surface area contributed by atoms with E-state index in [4.69, 9.17) is 19.3 Å². The monoisotopic (exact) mass is 352 g/mol. The van der Waals surface area contributed by atoms with Crippen LogP contribution in [0, 0.1) is 5.92 Å². The summed E-state index contributed by atoms with van der Waals surface area (Å²) < 4.78 is 16.3. The molecule has 0 bridgehead atoms. The summed E-state index contributed by atoms with van der Waals surface area (Å²) in [5.74, 6) is 1.74. The molecule has 0 aliphatic carbocycles. The molecule has 4 nitrogen and oxygen atoms in total. The van der Waals surface area contributed by atoms with Gasteiger partial charge in [0.25, 0.3) is 0 Å². The number of ether oxygens (including phenoxy) is 3. The normalized spacial score (nSPS) is 11.2. The molecule has 4 heteroatoms. The first-order valence-electron chi connectivity index (χ1n) is 9.70. The van der Waals surface area contributed by atoms with E-state index >= 15 is 0 Å². The van der Waals surface area contributed by atoms with Gasteiger partial charge in [0, 0.05) is 0 Å². The molecule has 144 valence electrons. The maximum absolute atomic E-state index is 8.58. The van der Waals surface area contributed by atoms with Gasteiger partial charge >= 0.3 is 0 Å². The Labute approximate surface area is 153 Å². The van der Waals surface area contributed by atoms with Crippen molar-refractivity contribution in [3.05, 3.63) is 29.8 Å². The van der Waals surface area contributed by atoms with E-state index in [9.17, 15) is 0 Å². The molecule has 0 saturated heterocycles. The van der Waals surface area contributed by atoms with E-state index in [2.05, 4.69) is 32.0 Å². The average molecular weight is 353 g/mol. The van der Waals surface area contributed by atoms with Crippen LogP contribution in [0.5, 0.6) is 5.75 Å². The summed E-state index contributed by atoms with van der Waals surface area (Å²) in [6, 6.07) is 8.37. The van der Waals surface area contributed by atoms with Crippen molar-refractivity contribution >= 4 is 0 Å². The van der Waals surface area contributed by atoms with E-state index in [0.717, 1.165) is 18.1 Å². The zero-order valence-corrected chi connectivity index (χ0v) is 16.0. The van der Waals surface area contributed by atoms with Gasteiger partial charge in [0.05, 0.1) is 33.0 Å². The van der Waals surface area contributed by atoms with E-state index in [-0.39, 0.29) is 6.61 Å². The van der Waals surface area contributed by atoms with Gasteiger partial charge in [-0.05, 0) is 36.5 Å². The predicted molar refractivity (Wildman–Crippen MR) is 102 cm³/mol. The topological polar surface area (TPSA) is 47.9 Å². The molecule has 0 heterocycles. The summed E-state index contributed by atoms with van der Waals surface area (Å²) >= 11 is 0. The Morgan fingerprint density at radius 1 is 0.880 bits per heavy atom. The molecule has 0 aliphatic rings. The van der Waals surface area contributed by atoms with Crippen molar-refractivity contribution in [2.24, 2.45) is 5.92 Å². The van der Waals surface area contributed by atoms with Crippen LogP contribution >= 0.6 is 0 Å².